The molecule has 2 rings (SSSR count). The number of ketones is 1. The molecule has 0 bridgehead atoms. The first kappa shape index (κ1) is 13.2. The molecule has 0 spiro atoms. The molecule has 1 saturated heterocycles. The standard InChI is InChI=1S/C13H16O4S/c1-10-13(7-8-17-10)18(15,16)9-12(14)11-5-3-2-4-6-11/h2-6,10,13H,7-9H2,1H3. The lowest BCUT2D eigenvalue weighted by Crippen LogP contribution is -2.32. The third-order valence-electron chi connectivity index (χ3n) is 3.20. The molecule has 4 nitrogen and oxygen atoms in total. The molecule has 0 amide bonds. The van der Waals surface area contributed by atoms with Gasteiger partial charge in [0.2, 0.25) is 0 Å². The zero-order chi connectivity index (χ0) is 13.2. The van der Waals surface area contributed by atoms with Gasteiger partial charge in [-0.1, -0.05) is 30.3 Å². The minimum absolute atomic E-state index is 0.321. The van der Waals surface area contributed by atoms with Crippen molar-refractivity contribution in [1.29, 1.82) is 0 Å². The molecule has 98 valence electrons. The average molecular weight is 268 g/mol. The van der Waals surface area contributed by atoms with Gasteiger partial charge in [0.25, 0.3) is 0 Å². The topological polar surface area (TPSA) is 60.4 Å². The van der Waals surface area contributed by atoms with Crippen molar-refractivity contribution in [3.05, 3.63) is 35.9 Å². The molecule has 1 aromatic carbocycles. The largest absolute Gasteiger partial charge is 0.377 e. The molecule has 0 radical (unpaired) electrons. The Hall–Kier alpha value is -1.20. The summed E-state index contributed by atoms with van der Waals surface area (Å²) in [4.78, 5) is 11.9. The SMILES string of the molecule is CC1OCCC1S(=O)(=O)CC(=O)c1ccccc1. The molecular weight excluding hydrogens is 252 g/mol. The highest BCUT2D eigenvalue weighted by Crippen LogP contribution is 2.22. The monoisotopic (exact) mass is 268 g/mol. The summed E-state index contributed by atoms with van der Waals surface area (Å²) in [5, 5.41) is -0.551. The molecule has 0 aromatic heterocycles. The number of ether oxygens (including phenoxy) is 1. The van der Waals surface area contributed by atoms with Crippen LogP contribution in [0.4, 0.5) is 0 Å². The Morgan fingerprint density at radius 3 is 2.56 bits per heavy atom. The number of Topliss-reactive ketones (excluding diaryl/α,β-unsaturated/α-hetero) is 1. The number of carbonyl (C=O) groups excluding carboxylic acids is 1. The van der Waals surface area contributed by atoms with Crippen LogP contribution in [-0.4, -0.2) is 37.9 Å². The molecule has 2 atom stereocenters. The van der Waals surface area contributed by atoms with Crippen LogP contribution >= 0.6 is 0 Å². The predicted octanol–water partition coefficient (Wildman–Crippen LogP) is 1.46. The number of sulfone groups is 1. The van der Waals surface area contributed by atoms with Crippen LogP contribution in [0.5, 0.6) is 0 Å². The number of hydrogen-bond acceptors (Lipinski definition) is 4. The maximum absolute atomic E-state index is 12.1. The van der Waals surface area contributed by atoms with Gasteiger partial charge in [-0.3, -0.25) is 4.79 Å². The van der Waals surface area contributed by atoms with E-state index in [0.29, 0.717) is 18.6 Å². The number of benzene rings is 1. The van der Waals surface area contributed by atoms with Crippen LogP contribution in [0.25, 0.3) is 0 Å². The normalized spacial score (nSPS) is 24.1. The van der Waals surface area contributed by atoms with E-state index in [9.17, 15) is 13.2 Å². The van der Waals surface area contributed by atoms with Crippen LogP contribution in [0.2, 0.25) is 0 Å². The minimum atomic E-state index is -3.43. The molecule has 1 fully saturated rings. The van der Waals surface area contributed by atoms with Crippen LogP contribution in [0.15, 0.2) is 30.3 Å². The number of carbonyl (C=O) groups is 1. The second kappa shape index (κ2) is 5.20. The van der Waals surface area contributed by atoms with Crippen molar-refractivity contribution in [2.24, 2.45) is 0 Å². The van der Waals surface area contributed by atoms with Gasteiger partial charge in [0, 0.05) is 12.2 Å². The Labute approximate surface area is 107 Å². The Morgan fingerprint density at radius 2 is 2.00 bits per heavy atom. The lowest BCUT2D eigenvalue weighted by Gasteiger charge is -2.14. The fourth-order valence-electron chi connectivity index (χ4n) is 2.18. The average Bonchev–Trinajstić information content (AvgIpc) is 2.77. The summed E-state index contributed by atoms with van der Waals surface area (Å²) in [6.45, 7) is 2.19. The maximum Gasteiger partial charge on any atom is 0.177 e. The van der Waals surface area contributed by atoms with Gasteiger partial charge < -0.3 is 4.74 Å². The van der Waals surface area contributed by atoms with Crippen molar-refractivity contribution in [3.63, 3.8) is 0 Å². The fraction of sp³-hybridized carbons (Fsp3) is 0.462. The van der Waals surface area contributed by atoms with E-state index in [1.807, 2.05) is 0 Å². The van der Waals surface area contributed by atoms with Gasteiger partial charge in [0.15, 0.2) is 15.6 Å². The van der Waals surface area contributed by atoms with Crippen molar-refractivity contribution < 1.29 is 17.9 Å². The number of rotatable bonds is 4. The molecule has 1 aliphatic rings. The van der Waals surface area contributed by atoms with Crippen molar-refractivity contribution >= 4 is 15.6 Å². The van der Waals surface area contributed by atoms with Crippen molar-refractivity contribution in [1.82, 2.24) is 0 Å². The third-order valence-corrected chi connectivity index (χ3v) is 5.40. The smallest absolute Gasteiger partial charge is 0.177 e. The van der Waals surface area contributed by atoms with Crippen molar-refractivity contribution in [3.8, 4) is 0 Å². The Bertz CT molecular complexity index is 521. The lowest BCUT2D eigenvalue weighted by atomic mass is 10.2. The quantitative estimate of drug-likeness (QED) is 0.776. The van der Waals surface area contributed by atoms with Gasteiger partial charge in [0.05, 0.1) is 11.4 Å². The highest BCUT2D eigenvalue weighted by Gasteiger charge is 2.36. The molecular formula is C13H16O4S. The minimum Gasteiger partial charge on any atom is -0.377 e. The molecule has 18 heavy (non-hydrogen) atoms. The Balaban J connectivity index is 2.11. The first-order valence-corrected chi connectivity index (χ1v) is 7.63. The van der Waals surface area contributed by atoms with Gasteiger partial charge in [-0.25, -0.2) is 8.42 Å². The summed E-state index contributed by atoms with van der Waals surface area (Å²) < 4.78 is 29.5. The second-order valence-electron chi connectivity index (χ2n) is 4.50. The lowest BCUT2D eigenvalue weighted by molar-refractivity contribution is 0.102. The molecule has 0 N–H and O–H groups in total. The van der Waals surface area contributed by atoms with E-state index in [1.54, 1.807) is 37.3 Å². The van der Waals surface area contributed by atoms with Gasteiger partial charge >= 0.3 is 0 Å². The summed E-state index contributed by atoms with van der Waals surface area (Å²) >= 11 is 0. The molecule has 0 saturated carbocycles. The highest BCUT2D eigenvalue weighted by atomic mass is 32.2. The zero-order valence-electron chi connectivity index (χ0n) is 10.2. The van der Waals surface area contributed by atoms with Gasteiger partial charge in [-0.15, -0.1) is 0 Å². The summed E-state index contributed by atoms with van der Waals surface area (Å²) in [7, 11) is -3.43. The summed E-state index contributed by atoms with van der Waals surface area (Å²) in [6.07, 6.45) is 0.157. The van der Waals surface area contributed by atoms with E-state index < -0.39 is 20.8 Å². The van der Waals surface area contributed by atoms with Gasteiger partial charge in [-0.2, -0.15) is 0 Å². The van der Waals surface area contributed by atoms with Crippen LogP contribution in [0.3, 0.4) is 0 Å². The maximum atomic E-state index is 12.1. The summed E-state index contributed by atoms with van der Waals surface area (Å²) in [6, 6.07) is 8.50. The van der Waals surface area contributed by atoms with Crippen LogP contribution < -0.4 is 0 Å². The zero-order valence-corrected chi connectivity index (χ0v) is 11.0. The van der Waals surface area contributed by atoms with Crippen LogP contribution in [0, 0.1) is 0 Å². The first-order chi connectivity index (χ1) is 8.50. The van der Waals surface area contributed by atoms with E-state index in [4.69, 9.17) is 4.74 Å². The third kappa shape index (κ3) is 2.79. The van der Waals surface area contributed by atoms with Gasteiger partial charge in [0.1, 0.15) is 5.75 Å². The first-order valence-electron chi connectivity index (χ1n) is 5.92. The highest BCUT2D eigenvalue weighted by molar-refractivity contribution is 7.92. The number of hydrogen-bond donors (Lipinski definition) is 0. The molecule has 1 aliphatic heterocycles. The van der Waals surface area contributed by atoms with Crippen LogP contribution in [0.1, 0.15) is 23.7 Å². The fourth-order valence-corrected chi connectivity index (χ4v) is 4.04. The van der Waals surface area contributed by atoms with E-state index in [-0.39, 0.29) is 11.9 Å². The van der Waals surface area contributed by atoms with E-state index in [0.717, 1.165) is 0 Å². The van der Waals surface area contributed by atoms with E-state index >= 15 is 0 Å². The molecule has 5 heteroatoms. The summed E-state index contributed by atoms with van der Waals surface area (Å²) in [5.74, 6) is -0.787. The van der Waals surface area contributed by atoms with Crippen molar-refractivity contribution in [2.75, 3.05) is 12.4 Å². The molecule has 1 heterocycles. The molecule has 1 aromatic rings. The van der Waals surface area contributed by atoms with E-state index in [1.165, 1.54) is 0 Å². The van der Waals surface area contributed by atoms with Crippen LogP contribution in [-0.2, 0) is 14.6 Å². The molecule has 0 aliphatic carbocycles. The molecule has 2 unspecified atom stereocenters. The Morgan fingerprint density at radius 1 is 1.33 bits per heavy atom. The summed E-state index contributed by atoms with van der Waals surface area (Å²) in [5.41, 5.74) is 0.438. The van der Waals surface area contributed by atoms with Gasteiger partial charge in [-0.05, 0) is 13.3 Å². The Kier molecular flexibility index (Phi) is 3.82. The van der Waals surface area contributed by atoms with Crippen molar-refractivity contribution in [2.45, 2.75) is 24.7 Å². The predicted molar refractivity (Wildman–Crippen MR) is 68.4 cm³/mol. The second-order valence-corrected chi connectivity index (χ2v) is 6.72. The van der Waals surface area contributed by atoms with E-state index in [2.05, 4.69) is 0 Å².